The minimum atomic E-state index is -1.05. The Kier molecular flexibility index (Phi) is 6.78. The highest BCUT2D eigenvalue weighted by atomic mass is 16.4. The molecule has 0 radical (unpaired) electrons. The number of carbonyl (C=O) groups is 1. The van der Waals surface area contributed by atoms with E-state index < -0.39 is 5.97 Å². The average Bonchev–Trinajstić information content (AvgIpc) is 2.85. The van der Waals surface area contributed by atoms with Crippen LogP contribution in [0.25, 0.3) is 11.1 Å². The lowest BCUT2D eigenvalue weighted by Crippen LogP contribution is -2.12. The van der Waals surface area contributed by atoms with Gasteiger partial charge in [0.05, 0.1) is 5.71 Å². The summed E-state index contributed by atoms with van der Waals surface area (Å²) in [5.41, 5.74) is 7.38. The van der Waals surface area contributed by atoms with Gasteiger partial charge in [0.25, 0.3) is 0 Å². The van der Waals surface area contributed by atoms with Crippen LogP contribution in [0.3, 0.4) is 0 Å². The van der Waals surface area contributed by atoms with Crippen LogP contribution >= 0.6 is 0 Å². The number of aryl methyl sites for hydroxylation is 2. The highest BCUT2D eigenvalue weighted by Crippen LogP contribution is 2.34. The minimum Gasteiger partial charge on any atom is -0.477 e. The standard InChI is InChI=1S/C28H25N3O3/c1-18-6-3-4-9-24(18)25(16-27(31-34)22-12-13-29-19(2)14-22)21-8-5-7-20(15-21)23-10-11-26(28(32)33)30-17-23/h3-15,17,25,34H,16H2,1-2H3,(H,32,33)/b31-27-. The van der Waals surface area contributed by atoms with E-state index in [0.717, 1.165) is 39.1 Å². The van der Waals surface area contributed by atoms with Crippen LogP contribution in [0, 0.1) is 13.8 Å². The maximum atomic E-state index is 11.2. The Morgan fingerprint density at radius 3 is 2.44 bits per heavy atom. The molecule has 0 spiro atoms. The third kappa shape index (κ3) is 5.02. The molecular formula is C28H25N3O3. The van der Waals surface area contributed by atoms with Gasteiger partial charge >= 0.3 is 5.97 Å². The van der Waals surface area contributed by atoms with Crippen LogP contribution in [0.2, 0.25) is 0 Å². The van der Waals surface area contributed by atoms with Crippen molar-refractivity contribution in [1.82, 2.24) is 9.97 Å². The number of hydrogen-bond acceptors (Lipinski definition) is 5. The molecule has 0 aliphatic rings. The van der Waals surface area contributed by atoms with Gasteiger partial charge < -0.3 is 10.3 Å². The van der Waals surface area contributed by atoms with Gasteiger partial charge in [-0.3, -0.25) is 4.98 Å². The number of oxime groups is 1. The van der Waals surface area contributed by atoms with Crippen LogP contribution in [0.5, 0.6) is 0 Å². The first kappa shape index (κ1) is 22.9. The third-order valence-corrected chi connectivity index (χ3v) is 5.92. The lowest BCUT2D eigenvalue weighted by Gasteiger charge is -2.21. The molecular weight excluding hydrogens is 426 g/mol. The maximum Gasteiger partial charge on any atom is 0.354 e. The fourth-order valence-corrected chi connectivity index (χ4v) is 4.15. The number of aromatic carboxylic acids is 1. The number of benzene rings is 2. The fraction of sp³-hybridized carbons (Fsp3) is 0.143. The Labute approximate surface area is 198 Å². The summed E-state index contributed by atoms with van der Waals surface area (Å²) >= 11 is 0. The molecule has 0 saturated heterocycles. The third-order valence-electron chi connectivity index (χ3n) is 5.92. The monoisotopic (exact) mass is 451 g/mol. The van der Waals surface area contributed by atoms with Crippen molar-refractivity contribution in [2.45, 2.75) is 26.2 Å². The molecule has 0 aliphatic carbocycles. The quantitative estimate of drug-likeness (QED) is 0.208. The Morgan fingerprint density at radius 1 is 0.941 bits per heavy atom. The Bertz CT molecular complexity index is 1350. The molecule has 6 heteroatoms. The van der Waals surface area contributed by atoms with E-state index in [0.29, 0.717) is 12.1 Å². The number of nitrogens with zero attached hydrogens (tertiary/aromatic N) is 3. The molecule has 2 N–H and O–H groups in total. The zero-order valence-electron chi connectivity index (χ0n) is 19.0. The van der Waals surface area contributed by atoms with Gasteiger partial charge in [-0.1, -0.05) is 59.8 Å². The highest BCUT2D eigenvalue weighted by Gasteiger charge is 2.21. The van der Waals surface area contributed by atoms with E-state index in [1.807, 2.05) is 43.3 Å². The van der Waals surface area contributed by atoms with Crippen molar-refractivity contribution in [1.29, 1.82) is 0 Å². The first-order chi connectivity index (χ1) is 16.5. The molecule has 1 unspecified atom stereocenters. The Hall–Kier alpha value is -4.32. The van der Waals surface area contributed by atoms with Crippen molar-refractivity contribution < 1.29 is 15.1 Å². The summed E-state index contributed by atoms with van der Waals surface area (Å²) in [6, 6.07) is 23.3. The maximum absolute atomic E-state index is 11.2. The van der Waals surface area contributed by atoms with E-state index in [-0.39, 0.29) is 11.6 Å². The van der Waals surface area contributed by atoms with Crippen molar-refractivity contribution in [3.63, 3.8) is 0 Å². The predicted octanol–water partition coefficient (Wildman–Crippen LogP) is 5.86. The number of carboxylic acid groups (broad SMARTS) is 1. The number of aromatic nitrogens is 2. The number of rotatable bonds is 7. The second-order valence-corrected chi connectivity index (χ2v) is 8.21. The van der Waals surface area contributed by atoms with Crippen molar-refractivity contribution in [2.75, 3.05) is 0 Å². The molecule has 170 valence electrons. The summed E-state index contributed by atoms with van der Waals surface area (Å²) in [7, 11) is 0. The molecule has 2 heterocycles. The van der Waals surface area contributed by atoms with Gasteiger partial charge in [0.15, 0.2) is 0 Å². The topological polar surface area (TPSA) is 95.7 Å². The predicted molar refractivity (Wildman–Crippen MR) is 132 cm³/mol. The van der Waals surface area contributed by atoms with Crippen LogP contribution in [0.1, 0.15) is 50.8 Å². The van der Waals surface area contributed by atoms with E-state index in [1.54, 1.807) is 18.5 Å². The molecule has 1 atom stereocenters. The molecule has 6 nitrogen and oxygen atoms in total. The summed E-state index contributed by atoms with van der Waals surface area (Å²) < 4.78 is 0. The van der Waals surface area contributed by atoms with Crippen molar-refractivity contribution in [2.24, 2.45) is 5.16 Å². The molecule has 0 aliphatic heterocycles. The van der Waals surface area contributed by atoms with Crippen LogP contribution in [-0.2, 0) is 0 Å². The van der Waals surface area contributed by atoms with E-state index in [9.17, 15) is 10.0 Å². The Balaban J connectivity index is 1.76. The van der Waals surface area contributed by atoms with Crippen molar-refractivity contribution in [3.05, 3.63) is 119 Å². The zero-order valence-corrected chi connectivity index (χ0v) is 19.0. The molecule has 0 amide bonds. The highest BCUT2D eigenvalue weighted by molar-refractivity contribution is 6.01. The smallest absolute Gasteiger partial charge is 0.354 e. The summed E-state index contributed by atoms with van der Waals surface area (Å²) in [5.74, 6) is -1.12. The second-order valence-electron chi connectivity index (χ2n) is 8.21. The Morgan fingerprint density at radius 2 is 1.76 bits per heavy atom. The zero-order chi connectivity index (χ0) is 24.1. The van der Waals surface area contributed by atoms with Gasteiger partial charge in [0.1, 0.15) is 5.69 Å². The van der Waals surface area contributed by atoms with Crippen LogP contribution in [0.4, 0.5) is 0 Å². The molecule has 34 heavy (non-hydrogen) atoms. The molecule has 2 aromatic carbocycles. The first-order valence-electron chi connectivity index (χ1n) is 11.0. The van der Waals surface area contributed by atoms with Crippen LogP contribution < -0.4 is 0 Å². The average molecular weight is 452 g/mol. The van der Waals surface area contributed by atoms with E-state index in [4.69, 9.17) is 5.11 Å². The van der Waals surface area contributed by atoms with Crippen LogP contribution in [0.15, 0.2) is 90.3 Å². The van der Waals surface area contributed by atoms with Crippen LogP contribution in [-0.4, -0.2) is 32.0 Å². The largest absolute Gasteiger partial charge is 0.477 e. The second kappa shape index (κ2) is 10.1. The first-order valence-corrected chi connectivity index (χ1v) is 11.0. The fourth-order valence-electron chi connectivity index (χ4n) is 4.15. The minimum absolute atomic E-state index is 0.00846. The molecule has 0 fully saturated rings. The van der Waals surface area contributed by atoms with Gasteiger partial charge in [-0.25, -0.2) is 9.78 Å². The van der Waals surface area contributed by atoms with Crippen molar-refractivity contribution >= 4 is 11.7 Å². The van der Waals surface area contributed by atoms with Gasteiger partial charge in [-0.15, -0.1) is 0 Å². The molecule has 2 aromatic heterocycles. The van der Waals surface area contributed by atoms with Gasteiger partial charge in [-0.2, -0.15) is 0 Å². The van der Waals surface area contributed by atoms with E-state index in [2.05, 4.69) is 46.3 Å². The van der Waals surface area contributed by atoms with Crippen molar-refractivity contribution in [3.8, 4) is 11.1 Å². The normalized spacial score (nSPS) is 12.4. The molecule has 0 bridgehead atoms. The van der Waals surface area contributed by atoms with Gasteiger partial charge in [-0.05, 0) is 54.3 Å². The van der Waals surface area contributed by atoms with Gasteiger partial charge in [0.2, 0.25) is 0 Å². The lowest BCUT2D eigenvalue weighted by molar-refractivity contribution is 0.0690. The molecule has 0 saturated carbocycles. The SMILES string of the molecule is Cc1cc(/C(CC(c2cccc(-c3ccc(C(=O)O)nc3)c2)c2ccccc2C)=N\O)ccn1. The van der Waals surface area contributed by atoms with Gasteiger partial charge in [0, 0.05) is 41.6 Å². The van der Waals surface area contributed by atoms with E-state index in [1.165, 1.54) is 6.07 Å². The summed E-state index contributed by atoms with van der Waals surface area (Å²) in [6.45, 7) is 3.98. The number of carboxylic acids is 1. The summed E-state index contributed by atoms with van der Waals surface area (Å²) in [5, 5.41) is 22.7. The number of pyridine rings is 2. The number of hydrogen-bond donors (Lipinski definition) is 2. The summed E-state index contributed by atoms with van der Waals surface area (Å²) in [4.78, 5) is 19.5. The van der Waals surface area contributed by atoms with E-state index >= 15 is 0 Å². The molecule has 4 aromatic rings. The summed E-state index contributed by atoms with van der Waals surface area (Å²) in [6.07, 6.45) is 3.78. The lowest BCUT2D eigenvalue weighted by atomic mass is 9.82. The molecule has 4 rings (SSSR count).